The van der Waals surface area contributed by atoms with E-state index < -0.39 is 11.9 Å². The number of amides is 1. The first-order valence-electron chi connectivity index (χ1n) is 13.4. The molecule has 3 aliphatic heterocycles. The molecule has 36 heavy (non-hydrogen) atoms. The number of nitrogens with one attached hydrogen (secondary N) is 2. The summed E-state index contributed by atoms with van der Waals surface area (Å²) in [5.74, 6) is 1.18. The Balaban J connectivity index is 0.000000461. The molecule has 0 aliphatic carbocycles. The Morgan fingerprint density at radius 3 is 1.39 bits per heavy atom. The summed E-state index contributed by atoms with van der Waals surface area (Å²) in [5.41, 5.74) is 5.45. The highest BCUT2D eigenvalue weighted by atomic mass is 16.6. The van der Waals surface area contributed by atoms with Gasteiger partial charge in [-0.2, -0.15) is 0 Å². The fourth-order valence-electron chi connectivity index (χ4n) is 3.72. The van der Waals surface area contributed by atoms with Gasteiger partial charge in [0, 0.05) is 67.0 Å². The van der Waals surface area contributed by atoms with Gasteiger partial charge in [0.05, 0.1) is 0 Å². The number of ether oxygens (including phenoxy) is 4. The second-order valence-electron chi connectivity index (χ2n) is 9.23. The first-order valence-corrected chi connectivity index (χ1v) is 13.4. The average Bonchev–Trinajstić information content (AvgIpc) is 2.88. The molecule has 3 rings (SSSR count). The molecule has 0 aromatic carbocycles. The van der Waals surface area contributed by atoms with E-state index in [1.165, 1.54) is 33.2 Å². The lowest BCUT2D eigenvalue weighted by atomic mass is 10.0. The van der Waals surface area contributed by atoms with Crippen LogP contribution in [0, 0.1) is 17.8 Å². The van der Waals surface area contributed by atoms with Crippen LogP contribution in [0.15, 0.2) is 0 Å². The zero-order valence-electron chi connectivity index (χ0n) is 23.0. The van der Waals surface area contributed by atoms with Crippen molar-refractivity contribution in [2.24, 2.45) is 23.5 Å². The minimum atomic E-state index is -0.562. The van der Waals surface area contributed by atoms with E-state index in [0.717, 1.165) is 96.8 Å². The summed E-state index contributed by atoms with van der Waals surface area (Å²) in [4.78, 5) is 30.2. The Kier molecular flexibility index (Phi) is 22.7. The summed E-state index contributed by atoms with van der Waals surface area (Å²) in [6.45, 7) is 15.5. The number of hydrogen-bond acceptors (Lipinski definition) is 9. The van der Waals surface area contributed by atoms with E-state index in [2.05, 4.69) is 22.3 Å². The van der Waals surface area contributed by atoms with Gasteiger partial charge in [0.1, 0.15) is 0 Å². The molecule has 3 aliphatic rings. The molecule has 10 nitrogen and oxygen atoms in total. The fraction of sp³-hybridized carbons (Fsp3) is 0.885. The Morgan fingerprint density at radius 1 is 0.722 bits per heavy atom. The molecule has 0 bridgehead atoms. The fourth-order valence-corrected chi connectivity index (χ4v) is 3.72. The third kappa shape index (κ3) is 22.8. The molecule has 0 saturated carbocycles. The maximum Gasteiger partial charge on any atom is 0.310 e. The highest BCUT2D eigenvalue weighted by molar-refractivity contribution is 5.82. The standard InChI is InChI=1S/C8H15NO2.C8H17NO.C6H13NO.C4H6O3/c1-7(10)9-6-8-2-4-11-5-3-8;1-2-9-7-8-3-5-10-6-4-8;7-5-6-1-3-8-4-2-6;1-3(5)7-4(2)6/h8H,2-6H2,1H3,(H,9,10);8-9H,2-7H2,1H3;6H,1-5,7H2;1-2H3. The van der Waals surface area contributed by atoms with Crippen LogP contribution in [0.2, 0.25) is 0 Å². The summed E-state index contributed by atoms with van der Waals surface area (Å²) < 4.78 is 19.6. The average molecular weight is 518 g/mol. The summed E-state index contributed by atoms with van der Waals surface area (Å²) >= 11 is 0. The van der Waals surface area contributed by atoms with Crippen molar-refractivity contribution >= 4 is 17.8 Å². The van der Waals surface area contributed by atoms with Gasteiger partial charge in [0.2, 0.25) is 5.91 Å². The molecule has 4 N–H and O–H groups in total. The van der Waals surface area contributed by atoms with E-state index in [1.54, 1.807) is 6.92 Å². The van der Waals surface area contributed by atoms with Crippen molar-refractivity contribution in [1.82, 2.24) is 10.6 Å². The van der Waals surface area contributed by atoms with Gasteiger partial charge in [-0.1, -0.05) is 6.92 Å². The molecule has 3 saturated heterocycles. The van der Waals surface area contributed by atoms with Crippen LogP contribution in [-0.2, 0) is 33.3 Å². The molecule has 212 valence electrons. The third-order valence-electron chi connectivity index (χ3n) is 5.97. The number of esters is 2. The lowest BCUT2D eigenvalue weighted by Crippen LogP contribution is -2.30. The van der Waals surface area contributed by atoms with Gasteiger partial charge in [0.25, 0.3) is 0 Å². The minimum Gasteiger partial charge on any atom is -0.394 e. The molecule has 0 atom stereocenters. The number of rotatable bonds is 6. The highest BCUT2D eigenvalue weighted by Crippen LogP contribution is 2.14. The van der Waals surface area contributed by atoms with Crippen LogP contribution in [0.1, 0.15) is 66.2 Å². The van der Waals surface area contributed by atoms with Gasteiger partial charge in [-0.05, 0) is 75.9 Å². The van der Waals surface area contributed by atoms with Crippen molar-refractivity contribution < 1.29 is 33.3 Å². The molecule has 0 radical (unpaired) electrons. The van der Waals surface area contributed by atoms with Crippen LogP contribution in [0.4, 0.5) is 0 Å². The predicted molar refractivity (Wildman–Crippen MR) is 139 cm³/mol. The molecule has 0 unspecified atom stereocenters. The van der Waals surface area contributed by atoms with E-state index in [4.69, 9.17) is 19.9 Å². The molecule has 10 heteroatoms. The van der Waals surface area contributed by atoms with Crippen molar-refractivity contribution in [1.29, 1.82) is 0 Å². The van der Waals surface area contributed by atoms with Crippen molar-refractivity contribution in [3.05, 3.63) is 0 Å². The van der Waals surface area contributed by atoms with Gasteiger partial charge < -0.3 is 35.3 Å². The van der Waals surface area contributed by atoms with E-state index in [-0.39, 0.29) is 5.91 Å². The van der Waals surface area contributed by atoms with E-state index in [0.29, 0.717) is 5.92 Å². The van der Waals surface area contributed by atoms with Crippen molar-refractivity contribution in [3.8, 4) is 0 Å². The smallest absolute Gasteiger partial charge is 0.310 e. The number of carbonyl (C=O) groups excluding carboxylic acids is 3. The number of hydrogen-bond donors (Lipinski definition) is 3. The molecule has 0 aromatic rings. The van der Waals surface area contributed by atoms with Gasteiger partial charge in [0.15, 0.2) is 0 Å². The zero-order valence-corrected chi connectivity index (χ0v) is 23.0. The van der Waals surface area contributed by atoms with E-state index >= 15 is 0 Å². The molecule has 0 aromatic heterocycles. The number of nitrogens with two attached hydrogens (primary N) is 1. The Hall–Kier alpha value is -1.59. The SMILES string of the molecule is CC(=O)NCC1CCOCC1.CC(=O)OC(C)=O.CCNCC1CCOCC1.NCC1CCOCC1. The summed E-state index contributed by atoms with van der Waals surface area (Å²) in [6, 6.07) is 0. The topological polar surface area (TPSA) is 138 Å². The summed E-state index contributed by atoms with van der Waals surface area (Å²) in [5, 5.41) is 6.18. The molecule has 1 amide bonds. The second-order valence-corrected chi connectivity index (χ2v) is 9.23. The summed E-state index contributed by atoms with van der Waals surface area (Å²) in [6.07, 6.45) is 6.98. The van der Waals surface area contributed by atoms with Crippen LogP contribution in [-0.4, -0.2) is 83.7 Å². The van der Waals surface area contributed by atoms with E-state index in [9.17, 15) is 14.4 Å². The van der Waals surface area contributed by atoms with Crippen LogP contribution in [0.5, 0.6) is 0 Å². The maximum absolute atomic E-state index is 10.5. The minimum absolute atomic E-state index is 0.0662. The van der Waals surface area contributed by atoms with Gasteiger partial charge in [-0.3, -0.25) is 14.4 Å². The number of carbonyl (C=O) groups is 3. The van der Waals surface area contributed by atoms with Crippen LogP contribution in [0.3, 0.4) is 0 Å². The third-order valence-corrected chi connectivity index (χ3v) is 5.97. The Morgan fingerprint density at radius 2 is 1.11 bits per heavy atom. The normalized spacial score (nSPS) is 18.7. The van der Waals surface area contributed by atoms with Gasteiger partial charge in [-0.15, -0.1) is 0 Å². The van der Waals surface area contributed by atoms with Crippen molar-refractivity contribution in [2.45, 2.75) is 66.2 Å². The van der Waals surface area contributed by atoms with Crippen LogP contribution < -0.4 is 16.4 Å². The predicted octanol–water partition coefficient (Wildman–Crippen LogP) is 2.04. The van der Waals surface area contributed by atoms with Crippen molar-refractivity contribution in [2.75, 3.05) is 65.8 Å². The summed E-state index contributed by atoms with van der Waals surface area (Å²) in [7, 11) is 0. The molecule has 3 fully saturated rings. The van der Waals surface area contributed by atoms with Gasteiger partial charge in [-0.25, -0.2) is 0 Å². The van der Waals surface area contributed by atoms with E-state index in [1.807, 2.05) is 0 Å². The quantitative estimate of drug-likeness (QED) is 0.357. The maximum atomic E-state index is 10.5. The van der Waals surface area contributed by atoms with Crippen LogP contribution in [0.25, 0.3) is 0 Å². The van der Waals surface area contributed by atoms with Crippen LogP contribution >= 0.6 is 0 Å². The largest absolute Gasteiger partial charge is 0.394 e. The first-order chi connectivity index (χ1) is 17.3. The lowest BCUT2D eigenvalue weighted by Gasteiger charge is -2.21. The monoisotopic (exact) mass is 517 g/mol. The van der Waals surface area contributed by atoms with Gasteiger partial charge >= 0.3 is 11.9 Å². The zero-order chi connectivity index (χ0) is 27.0. The lowest BCUT2D eigenvalue weighted by molar-refractivity contribution is -0.156. The first kappa shape index (κ1) is 34.4. The highest BCUT2D eigenvalue weighted by Gasteiger charge is 2.13. The second kappa shape index (κ2) is 23.8. The Labute approximate surface area is 217 Å². The Bertz CT molecular complexity index is 548. The molecule has 0 spiro atoms. The van der Waals surface area contributed by atoms with Crippen molar-refractivity contribution in [3.63, 3.8) is 0 Å². The molecule has 3 heterocycles. The molecular weight excluding hydrogens is 466 g/mol. The molecular formula is C26H51N3O7.